The number of fused-ring (bicyclic) bond motifs is 2. The average Bonchev–Trinajstić information content (AvgIpc) is 3.52. The molecule has 0 N–H and O–H groups in total. The zero-order valence-electron chi connectivity index (χ0n) is 16.4. The fourth-order valence-electron chi connectivity index (χ4n) is 3.46. The predicted molar refractivity (Wildman–Crippen MR) is 120 cm³/mol. The van der Waals surface area contributed by atoms with E-state index in [1.807, 2.05) is 48.5 Å². The Morgan fingerprint density at radius 2 is 1.88 bits per heavy atom. The van der Waals surface area contributed by atoms with Gasteiger partial charge in [-0.1, -0.05) is 35.1 Å². The molecule has 0 saturated heterocycles. The number of ether oxygens (including phenoxy) is 2. The molecule has 0 unspecified atom stereocenters. The third kappa shape index (κ3) is 3.34. The van der Waals surface area contributed by atoms with Crippen molar-refractivity contribution >= 4 is 34.0 Å². The molecule has 4 heterocycles. The number of para-hydroxylation sites is 2. The van der Waals surface area contributed by atoms with Crippen molar-refractivity contribution in [1.82, 2.24) is 14.6 Å². The summed E-state index contributed by atoms with van der Waals surface area (Å²) >= 11 is 7.18. The lowest BCUT2D eigenvalue weighted by Crippen LogP contribution is -2.26. The summed E-state index contributed by atoms with van der Waals surface area (Å²) in [7, 11) is 0. The Hall–Kier alpha value is -3.62. The Morgan fingerprint density at radius 1 is 1.06 bits per heavy atom. The number of halogens is 1. The first-order chi connectivity index (χ1) is 15.6. The summed E-state index contributed by atoms with van der Waals surface area (Å²) in [6.07, 6.45) is 1.22. The maximum absolute atomic E-state index is 12.9. The Morgan fingerprint density at radius 3 is 2.69 bits per heavy atom. The van der Waals surface area contributed by atoms with Crippen LogP contribution in [0.4, 0.5) is 0 Å². The summed E-state index contributed by atoms with van der Waals surface area (Å²) in [5.41, 5.74) is 0.644. The van der Waals surface area contributed by atoms with Crippen molar-refractivity contribution in [3.05, 3.63) is 92.2 Å². The molecule has 3 aromatic heterocycles. The number of benzene rings is 2. The van der Waals surface area contributed by atoms with E-state index in [0.29, 0.717) is 43.4 Å². The van der Waals surface area contributed by atoms with Gasteiger partial charge < -0.3 is 13.9 Å². The summed E-state index contributed by atoms with van der Waals surface area (Å²) in [6.45, 7) is 0.280. The second-order valence-electron chi connectivity index (χ2n) is 7.15. The molecule has 7 nitrogen and oxygen atoms in total. The van der Waals surface area contributed by atoms with Gasteiger partial charge in [-0.05, 0) is 48.5 Å². The second kappa shape index (κ2) is 7.51. The zero-order chi connectivity index (χ0) is 21.7. The van der Waals surface area contributed by atoms with Crippen molar-refractivity contribution in [2.24, 2.45) is 0 Å². The van der Waals surface area contributed by atoms with Gasteiger partial charge in [-0.15, -0.1) is 5.10 Å². The van der Waals surface area contributed by atoms with Crippen molar-refractivity contribution in [1.29, 1.82) is 0 Å². The van der Waals surface area contributed by atoms with E-state index in [1.54, 1.807) is 18.2 Å². The van der Waals surface area contributed by atoms with Crippen molar-refractivity contribution in [3.8, 4) is 22.8 Å². The van der Waals surface area contributed by atoms with Gasteiger partial charge in [0.25, 0.3) is 5.56 Å². The lowest BCUT2D eigenvalue weighted by atomic mass is 10.2. The van der Waals surface area contributed by atoms with Gasteiger partial charge in [0.15, 0.2) is 23.4 Å². The first-order valence-corrected chi connectivity index (χ1v) is 11.0. The molecular formula is C23H14ClN3O4S. The zero-order valence-corrected chi connectivity index (χ0v) is 18.0. The third-order valence-corrected chi connectivity index (χ3v) is 6.23. The summed E-state index contributed by atoms with van der Waals surface area (Å²) < 4.78 is 19.3. The minimum Gasteiger partial charge on any atom is -0.485 e. The number of nitrogens with zero attached hydrogens (tertiary/aromatic N) is 3. The van der Waals surface area contributed by atoms with E-state index in [1.165, 1.54) is 15.9 Å². The van der Waals surface area contributed by atoms with Gasteiger partial charge in [0.05, 0.1) is 0 Å². The molecule has 0 radical (unpaired) electrons. The van der Waals surface area contributed by atoms with E-state index >= 15 is 0 Å². The van der Waals surface area contributed by atoms with Gasteiger partial charge in [0, 0.05) is 16.7 Å². The van der Waals surface area contributed by atoms with Gasteiger partial charge in [-0.3, -0.25) is 4.79 Å². The number of hydrogen-bond acceptors (Lipinski definition) is 7. The Bertz CT molecular complexity index is 1550. The van der Waals surface area contributed by atoms with Crippen molar-refractivity contribution in [3.63, 3.8) is 0 Å². The van der Waals surface area contributed by atoms with Crippen LogP contribution in [-0.4, -0.2) is 21.2 Å². The molecule has 0 saturated carbocycles. The molecule has 32 heavy (non-hydrogen) atoms. The van der Waals surface area contributed by atoms with Crippen molar-refractivity contribution in [2.75, 3.05) is 6.61 Å². The van der Waals surface area contributed by atoms with Crippen LogP contribution in [0.1, 0.15) is 17.7 Å². The summed E-state index contributed by atoms with van der Waals surface area (Å²) in [5, 5.41) is 5.03. The molecule has 0 spiro atoms. The van der Waals surface area contributed by atoms with Crippen LogP contribution in [-0.2, 0) is 0 Å². The first kappa shape index (κ1) is 19.1. The van der Waals surface area contributed by atoms with E-state index in [4.69, 9.17) is 25.5 Å². The van der Waals surface area contributed by atoms with Gasteiger partial charge >= 0.3 is 0 Å². The fraction of sp³-hybridized carbons (Fsp3) is 0.0870. The highest BCUT2D eigenvalue weighted by Gasteiger charge is 2.27. The maximum atomic E-state index is 12.9. The Balaban J connectivity index is 1.30. The molecule has 0 bridgehead atoms. The topological polar surface area (TPSA) is 78.9 Å². The maximum Gasteiger partial charge on any atom is 0.291 e. The minimum atomic E-state index is -0.476. The molecule has 1 atom stereocenters. The van der Waals surface area contributed by atoms with Crippen LogP contribution in [0.5, 0.6) is 11.5 Å². The molecule has 2 aromatic carbocycles. The molecule has 6 rings (SSSR count). The number of rotatable bonds is 3. The molecule has 1 aliphatic heterocycles. The van der Waals surface area contributed by atoms with Crippen LogP contribution >= 0.6 is 22.9 Å². The molecule has 0 aliphatic carbocycles. The van der Waals surface area contributed by atoms with Gasteiger partial charge in [0.2, 0.25) is 4.96 Å². The molecule has 0 amide bonds. The molecule has 5 aromatic rings. The molecule has 9 heteroatoms. The van der Waals surface area contributed by atoms with E-state index in [9.17, 15) is 4.79 Å². The highest BCUT2D eigenvalue weighted by Crippen LogP contribution is 2.35. The number of thiazole rings is 1. The first-order valence-electron chi connectivity index (χ1n) is 9.79. The number of hydrogen-bond donors (Lipinski definition) is 0. The van der Waals surface area contributed by atoms with Crippen LogP contribution in [0, 0.1) is 0 Å². The predicted octanol–water partition coefficient (Wildman–Crippen LogP) is 4.12. The summed E-state index contributed by atoms with van der Waals surface area (Å²) in [4.78, 5) is 17.8. The van der Waals surface area contributed by atoms with E-state index < -0.39 is 6.10 Å². The standard InChI is InChI=1S/C23H14ClN3O4S/c24-14-7-5-13(6-8-14)16-10-9-15(30-16)11-20-22(28)27-23(32-20)25-21(26-27)19-12-29-17-3-1-2-4-18(17)31-19/h1-11,19H,12H2/b20-11-/t19-/m0/s1. The fourth-order valence-corrected chi connectivity index (χ4v) is 4.48. The second-order valence-corrected chi connectivity index (χ2v) is 8.60. The lowest BCUT2D eigenvalue weighted by molar-refractivity contribution is 0.0852. The molecular weight excluding hydrogens is 450 g/mol. The van der Waals surface area contributed by atoms with Crippen molar-refractivity contribution < 1.29 is 13.9 Å². The van der Waals surface area contributed by atoms with Crippen LogP contribution in [0.15, 0.2) is 69.9 Å². The molecule has 1 aliphatic rings. The Kier molecular flexibility index (Phi) is 4.48. The largest absolute Gasteiger partial charge is 0.485 e. The van der Waals surface area contributed by atoms with Gasteiger partial charge in [-0.2, -0.15) is 9.50 Å². The highest BCUT2D eigenvalue weighted by molar-refractivity contribution is 7.15. The van der Waals surface area contributed by atoms with E-state index in [0.717, 1.165) is 5.56 Å². The normalized spacial score (nSPS) is 16.0. The number of aromatic nitrogens is 3. The minimum absolute atomic E-state index is 0.259. The smallest absolute Gasteiger partial charge is 0.291 e. The quantitative estimate of drug-likeness (QED) is 0.400. The monoisotopic (exact) mass is 463 g/mol. The van der Waals surface area contributed by atoms with Crippen LogP contribution < -0.4 is 19.6 Å². The highest BCUT2D eigenvalue weighted by atomic mass is 35.5. The third-order valence-electron chi connectivity index (χ3n) is 5.02. The summed E-state index contributed by atoms with van der Waals surface area (Å²) in [6, 6.07) is 18.5. The van der Waals surface area contributed by atoms with Gasteiger partial charge in [-0.25, -0.2) is 0 Å². The van der Waals surface area contributed by atoms with E-state index in [2.05, 4.69) is 10.1 Å². The number of furan rings is 1. The summed E-state index contributed by atoms with van der Waals surface area (Å²) in [5.74, 6) is 2.99. The average molecular weight is 464 g/mol. The van der Waals surface area contributed by atoms with Crippen LogP contribution in [0.2, 0.25) is 5.02 Å². The van der Waals surface area contributed by atoms with Crippen LogP contribution in [0.3, 0.4) is 0 Å². The van der Waals surface area contributed by atoms with E-state index in [-0.39, 0.29) is 12.2 Å². The van der Waals surface area contributed by atoms with Crippen LogP contribution in [0.25, 0.3) is 22.4 Å². The SMILES string of the molecule is O=c1/c(=C/c2ccc(-c3ccc(Cl)cc3)o2)sc2nc([C@@H]3COc4ccccc4O3)nn12. The van der Waals surface area contributed by atoms with Crippen molar-refractivity contribution in [2.45, 2.75) is 6.10 Å². The molecule has 158 valence electrons. The molecule has 0 fully saturated rings. The van der Waals surface area contributed by atoms with Gasteiger partial charge in [0.1, 0.15) is 22.7 Å². The lowest BCUT2D eigenvalue weighted by Gasteiger charge is -2.24. The Labute approximate surface area is 190 Å².